The van der Waals surface area contributed by atoms with Gasteiger partial charge >= 0.3 is 11.9 Å². The van der Waals surface area contributed by atoms with Gasteiger partial charge in [0.05, 0.1) is 0 Å². The van der Waals surface area contributed by atoms with E-state index < -0.39 is 0 Å². The van der Waals surface area contributed by atoms with Crippen molar-refractivity contribution in [1.29, 1.82) is 0 Å². The predicted octanol–water partition coefficient (Wildman–Crippen LogP) is 4.37. The first-order valence-corrected chi connectivity index (χ1v) is 7.96. The lowest BCUT2D eigenvalue weighted by atomic mass is 10.1. The third-order valence-corrected chi connectivity index (χ3v) is 3.69. The molecule has 2 atom stereocenters. The first kappa shape index (κ1) is 18.2. The molecule has 0 fully saturated rings. The van der Waals surface area contributed by atoms with Gasteiger partial charge in [-0.3, -0.25) is 9.59 Å². The van der Waals surface area contributed by atoms with Crippen molar-refractivity contribution >= 4 is 11.9 Å². The van der Waals surface area contributed by atoms with E-state index in [4.69, 9.17) is 9.47 Å². The Labute approximate surface area is 132 Å². The van der Waals surface area contributed by atoms with Gasteiger partial charge in [0.1, 0.15) is 11.5 Å². The molecule has 0 amide bonds. The summed E-state index contributed by atoms with van der Waals surface area (Å²) in [6, 6.07) is 6.64. The van der Waals surface area contributed by atoms with Crippen molar-refractivity contribution in [1.82, 2.24) is 0 Å². The lowest BCUT2D eigenvalue weighted by molar-refractivity contribution is -0.135. The summed E-state index contributed by atoms with van der Waals surface area (Å²) in [6.45, 7) is 8.09. The van der Waals surface area contributed by atoms with Crippen LogP contribution < -0.4 is 9.47 Å². The molecule has 4 nitrogen and oxygen atoms in total. The average molecular weight is 306 g/mol. The van der Waals surface area contributed by atoms with E-state index in [0.29, 0.717) is 36.2 Å². The van der Waals surface area contributed by atoms with E-state index in [1.54, 1.807) is 24.3 Å². The zero-order valence-electron chi connectivity index (χ0n) is 13.9. The van der Waals surface area contributed by atoms with Crippen molar-refractivity contribution in [3.63, 3.8) is 0 Å². The second kappa shape index (κ2) is 9.23. The van der Waals surface area contributed by atoms with Crippen LogP contribution in [0.25, 0.3) is 0 Å². The third kappa shape index (κ3) is 6.74. The Bertz CT molecular complexity index is 454. The highest BCUT2D eigenvalue weighted by Crippen LogP contribution is 2.21. The minimum absolute atomic E-state index is 0.266. The van der Waals surface area contributed by atoms with Crippen LogP contribution in [0.3, 0.4) is 0 Å². The lowest BCUT2D eigenvalue weighted by Gasteiger charge is -2.10. The fourth-order valence-electron chi connectivity index (χ4n) is 1.81. The highest BCUT2D eigenvalue weighted by atomic mass is 16.5. The Morgan fingerprint density at radius 2 is 1.32 bits per heavy atom. The second-order valence-corrected chi connectivity index (χ2v) is 5.86. The average Bonchev–Trinajstić information content (AvgIpc) is 2.46. The maximum atomic E-state index is 11.8. The van der Waals surface area contributed by atoms with Gasteiger partial charge in [0.15, 0.2) is 0 Å². The molecule has 0 bridgehead atoms. The van der Waals surface area contributed by atoms with Gasteiger partial charge in [0.25, 0.3) is 0 Å². The van der Waals surface area contributed by atoms with Crippen LogP contribution in [0.4, 0.5) is 0 Å². The highest BCUT2D eigenvalue weighted by Gasteiger charge is 2.12. The van der Waals surface area contributed by atoms with Crippen LogP contribution in [0, 0.1) is 11.8 Å². The number of carbonyl (C=O) groups excluding carboxylic acids is 2. The molecule has 1 rings (SSSR count). The molecular weight excluding hydrogens is 280 g/mol. The van der Waals surface area contributed by atoms with E-state index in [1.807, 2.05) is 27.7 Å². The topological polar surface area (TPSA) is 52.6 Å². The van der Waals surface area contributed by atoms with Crippen LogP contribution in [0.5, 0.6) is 11.5 Å². The maximum absolute atomic E-state index is 11.8. The molecule has 0 aliphatic heterocycles. The molecule has 0 aliphatic carbocycles. The molecule has 0 heterocycles. The molecule has 1 aromatic rings. The zero-order chi connectivity index (χ0) is 16.5. The quantitative estimate of drug-likeness (QED) is 0.528. The van der Waals surface area contributed by atoms with E-state index >= 15 is 0 Å². The van der Waals surface area contributed by atoms with E-state index in [-0.39, 0.29) is 11.9 Å². The van der Waals surface area contributed by atoms with E-state index in [0.717, 1.165) is 12.8 Å². The fourth-order valence-corrected chi connectivity index (χ4v) is 1.81. The molecule has 4 heteroatoms. The largest absolute Gasteiger partial charge is 0.426 e. The molecule has 22 heavy (non-hydrogen) atoms. The molecular formula is C18H26O4. The molecule has 0 saturated carbocycles. The SMILES string of the molecule is CCC(C)CC(=O)Oc1cccc(OC(=O)CC(C)CC)c1. The van der Waals surface area contributed by atoms with Gasteiger partial charge in [-0.25, -0.2) is 0 Å². The van der Waals surface area contributed by atoms with Crippen molar-refractivity contribution in [3.05, 3.63) is 24.3 Å². The van der Waals surface area contributed by atoms with Crippen molar-refractivity contribution in [2.24, 2.45) is 11.8 Å². The van der Waals surface area contributed by atoms with Crippen LogP contribution >= 0.6 is 0 Å². The molecule has 0 aliphatic rings. The number of esters is 2. The van der Waals surface area contributed by atoms with E-state index in [1.165, 1.54) is 0 Å². The van der Waals surface area contributed by atoms with Gasteiger partial charge in [0.2, 0.25) is 0 Å². The number of carbonyl (C=O) groups is 2. The summed E-state index contributed by atoms with van der Waals surface area (Å²) in [6.07, 6.45) is 2.63. The van der Waals surface area contributed by atoms with E-state index in [9.17, 15) is 9.59 Å². The lowest BCUT2D eigenvalue weighted by Crippen LogP contribution is -2.13. The van der Waals surface area contributed by atoms with Crippen LogP contribution in [0.1, 0.15) is 53.4 Å². The summed E-state index contributed by atoms with van der Waals surface area (Å²) in [5.74, 6) is 0.868. The number of ether oxygens (including phenoxy) is 2. The summed E-state index contributed by atoms with van der Waals surface area (Å²) < 4.78 is 10.6. The first-order chi connectivity index (χ1) is 10.4. The second-order valence-electron chi connectivity index (χ2n) is 5.86. The van der Waals surface area contributed by atoms with E-state index in [2.05, 4.69) is 0 Å². The summed E-state index contributed by atoms with van der Waals surface area (Å²) in [5.41, 5.74) is 0. The standard InChI is InChI=1S/C18H26O4/c1-5-13(3)10-17(19)21-15-8-7-9-16(12-15)22-18(20)11-14(4)6-2/h7-9,12-14H,5-6,10-11H2,1-4H3. The zero-order valence-corrected chi connectivity index (χ0v) is 13.9. The maximum Gasteiger partial charge on any atom is 0.311 e. The molecule has 0 saturated heterocycles. The normalized spacial score (nSPS) is 13.3. The van der Waals surface area contributed by atoms with Gasteiger partial charge in [-0.05, 0) is 24.0 Å². The summed E-state index contributed by atoms with van der Waals surface area (Å²) in [4.78, 5) is 23.5. The van der Waals surface area contributed by atoms with Gasteiger partial charge in [-0.1, -0.05) is 46.6 Å². The molecule has 1 aromatic carbocycles. The van der Waals surface area contributed by atoms with Crippen molar-refractivity contribution in [3.8, 4) is 11.5 Å². The minimum atomic E-state index is -0.266. The van der Waals surface area contributed by atoms with Gasteiger partial charge in [0, 0.05) is 18.9 Å². The van der Waals surface area contributed by atoms with Crippen LogP contribution in [0.2, 0.25) is 0 Å². The highest BCUT2D eigenvalue weighted by molar-refractivity contribution is 5.74. The van der Waals surface area contributed by atoms with Gasteiger partial charge in [-0.15, -0.1) is 0 Å². The third-order valence-electron chi connectivity index (χ3n) is 3.69. The Balaban J connectivity index is 2.58. The molecule has 2 unspecified atom stereocenters. The van der Waals surface area contributed by atoms with Crippen LogP contribution in [-0.2, 0) is 9.59 Å². The van der Waals surface area contributed by atoms with Gasteiger partial charge in [-0.2, -0.15) is 0 Å². The van der Waals surface area contributed by atoms with Crippen LogP contribution in [0.15, 0.2) is 24.3 Å². The monoisotopic (exact) mass is 306 g/mol. The number of rotatable bonds is 8. The first-order valence-electron chi connectivity index (χ1n) is 7.96. The minimum Gasteiger partial charge on any atom is -0.426 e. The number of benzene rings is 1. The number of hydrogen-bond acceptors (Lipinski definition) is 4. The predicted molar refractivity (Wildman–Crippen MR) is 85.9 cm³/mol. The van der Waals surface area contributed by atoms with Crippen molar-refractivity contribution in [2.75, 3.05) is 0 Å². The Morgan fingerprint density at radius 3 is 1.68 bits per heavy atom. The summed E-state index contributed by atoms with van der Waals surface area (Å²) in [5, 5.41) is 0. The Morgan fingerprint density at radius 1 is 0.909 bits per heavy atom. The van der Waals surface area contributed by atoms with Crippen LogP contribution in [-0.4, -0.2) is 11.9 Å². The smallest absolute Gasteiger partial charge is 0.311 e. The Kier molecular flexibility index (Phi) is 7.64. The fraction of sp³-hybridized carbons (Fsp3) is 0.556. The molecule has 0 radical (unpaired) electrons. The summed E-state index contributed by atoms with van der Waals surface area (Å²) in [7, 11) is 0. The van der Waals surface area contributed by atoms with Crippen molar-refractivity contribution < 1.29 is 19.1 Å². The molecule has 122 valence electrons. The Hall–Kier alpha value is -1.84. The molecule has 0 spiro atoms. The molecule has 0 N–H and O–H groups in total. The number of hydrogen-bond donors (Lipinski definition) is 0. The van der Waals surface area contributed by atoms with Gasteiger partial charge < -0.3 is 9.47 Å². The summed E-state index contributed by atoms with van der Waals surface area (Å²) >= 11 is 0. The molecule has 0 aromatic heterocycles. The van der Waals surface area contributed by atoms with Crippen molar-refractivity contribution in [2.45, 2.75) is 53.4 Å².